The minimum absolute atomic E-state index is 0.243. The molecule has 1 heterocycles. The molecule has 17 heavy (non-hydrogen) atoms. The standard InChI is InChI=1S/C14H22N2O/c1-3-13-12(8-10(15)9-16-13)11-6-4-5-7-14(11)17-2/h4-7,10,12-13,16H,3,8-9,15H2,1-2H3. The van der Waals surface area contributed by atoms with Crippen LogP contribution in [0.1, 0.15) is 31.2 Å². The third-order valence-electron chi connectivity index (χ3n) is 3.66. The molecule has 3 N–H and O–H groups in total. The van der Waals surface area contributed by atoms with E-state index in [1.807, 2.05) is 12.1 Å². The molecule has 94 valence electrons. The topological polar surface area (TPSA) is 47.3 Å². The van der Waals surface area contributed by atoms with Crippen molar-refractivity contribution in [2.24, 2.45) is 5.73 Å². The van der Waals surface area contributed by atoms with Crippen LogP contribution < -0.4 is 15.8 Å². The van der Waals surface area contributed by atoms with Crippen molar-refractivity contribution in [2.75, 3.05) is 13.7 Å². The predicted molar refractivity (Wildman–Crippen MR) is 70.4 cm³/mol. The van der Waals surface area contributed by atoms with Crippen LogP contribution in [0.4, 0.5) is 0 Å². The molecule has 1 aliphatic rings. The summed E-state index contributed by atoms with van der Waals surface area (Å²) >= 11 is 0. The molecular formula is C14H22N2O. The van der Waals surface area contributed by atoms with Crippen molar-refractivity contribution in [2.45, 2.75) is 37.8 Å². The maximum absolute atomic E-state index is 6.07. The SMILES string of the molecule is CCC1NCC(N)CC1c1ccccc1OC. The predicted octanol–water partition coefficient (Wildman–Crippen LogP) is 1.88. The van der Waals surface area contributed by atoms with Crippen molar-refractivity contribution >= 4 is 0 Å². The highest BCUT2D eigenvalue weighted by Crippen LogP contribution is 2.34. The van der Waals surface area contributed by atoms with E-state index in [1.54, 1.807) is 7.11 Å². The Morgan fingerprint density at radius 2 is 2.18 bits per heavy atom. The van der Waals surface area contributed by atoms with Crippen molar-refractivity contribution in [3.05, 3.63) is 29.8 Å². The van der Waals surface area contributed by atoms with Crippen molar-refractivity contribution in [3.8, 4) is 5.75 Å². The van der Waals surface area contributed by atoms with Gasteiger partial charge in [-0.3, -0.25) is 0 Å². The number of benzene rings is 1. The molecule has 1 aromatic rings. The summed E-state index contributed by atoms with van der Waals surface area (Å²) in [6, 6.07) is 9.02. The molecule has 0 aromatic heterocycles. The van der Waals surface area contributed by atoms with Gasteiger partial charge in [-0.25, -0.2) is 0 Å². The summed E-state index contributed by atoms with van der Waals surface area (Å²) in [6.45, 7) is 3.14. The molecule has 1 aliphatic heterocycles. The summed E-state index contributed by atoms with van der Waals surface area (Å²) in [5.41, 5.74) is 7.35. The zero-order valence-electron chi connectivity index (χ0n) is 10.6. The van der Waals surface area contributed by atoms with Gasteiger partial charge in [0.15, 0.2) is 0 Å². The van der Waals surface area contributed by atoms with Crippen LogP contribution in [0.15, 0.2) is 24.3 Å². The van der Waals surface area contributed by atoms with Crippen molar-refractivity contribution in [1.82, 2.24) is 5.32 Å². The molecule has 2 rings (SSSR count). The Balaban J connectivity index is 2.28. The van der Waals surface area contributed by atoms with E-state index in [0.29, 0.717) is 12.0 Å². The van der Waals surface area contributed by atoms with E-state index in [2.05, 4.69) is 24.4 Å². The summed E-state index contributed by atoms with van der Waals surface area (Å²) in [5, 5.41) is 3.54. The number of nitrogens with one attached hydrogen (secondary N) is 1. The number of methoxy groups -OCH3 is 1. The van der Waals surface area contributed by atoms with E-state index >= 15 is 0 Å². The van der Waals surface area contributed by atoms with Gasteiger partial charge in [0.1, 0.15) is 5.75 Å². The maximum atomic E-state index is 6.07. The van der Waals surface area contributed by atoms with Gasteiger partial charge in [-0.05, 0) is 24.5 Å². The molecule has 0 radical (unpaired) electrons. The van der Waals surface area contributed by atoms with Gasteiger partial charge < -0.3 is 15.8 Å². The zero-order chi connectivity index (χ0) is 12.3. The second-order valence-electron chi connectivity index (χ2n) is 4.77. The van der Waals surface area contributed by atoms with Crippen LogP contribution in [0.5, 0.6) is 5.75 Å². The third-order valence-corrected chi connectivity index (χ3v) is 3.66. The van der Waals surface area contributed by atoms with Gasteiger partial charge in [0, 0.05) is 24.5 Å². The smallest absolute Gasteiger partial charge is 0.122 e. The Bertz CT molecular complexity index is 367. The number of ether oxygens (including phenoxy) is 1. The molecule has 0 bridgehead atoms. The Morgan fingerprint density at radius 3 is 2.88 bits per heavy atom. The van der Waals surface area contributed by atoms with Crippen LogP contribution >= 0.6 is 0 Å². The molecule has 1 fully saturated rings. The van der Waals surface area contributed by atoms with Crippen LogP contribution in [-0.4, -0.2) is 25.7 Å². The Kier molecular flexibility index (Phi) is 4.02. The van der Waals surface area contributed by atoms with E-state index in [-0.39, 0.29) is 6.04 Å². The van der Waals surface area contributed by atoms with Crippen molar-refractivity contribution in [3.63, 3.8) is 0 Å². The summed E-state index contributed by atoms with van der Waals surface area (Å²) < 4.78 is 5.46. The number of nitrogens with two attached hydrogens (primary N) is 1. The minimum atomic E-state index is 0.243. The van der Waals surface area contributed by atoms with Crippen molar-refractivity contribution in [1.29, 1.82) is 0 Å². The minimum Gasteiger partial charge on any atom is -0.496 e. The van der Waals surface area contributed by atoms with Gasteiger partial charge in [-0.2, -0.15) is 0 Å². The van der Waals surface area contributed by atoms with Gasteiger partial charge >= 0.3 is 0 Å². The zero-order valence-corrected chi connectivity index (χ0v) is 10.6. The quantitative estimate of drug-likeness (QED) is 0.839. The highest BCUT2D eigenvalue weighted by Gasteiger charge is 2.30. The number of para-hydroxylation sites is 1. The number of piperidine rings is 1. The molecule has 3 heteroatoms. The Morgan fingerprint density at radius 1 is 1.41 bits per heavy atom. The lowest BCUT2D eigenvalue weighted by Crippen LogP contribution is -2.49. The third kappa shape index (κ3) is 2.61. The lowest BCUT2D eigenvalue weighted by molar-refractivity contribution is 0.305. The molecule has 0 amide bonds. The van der Waals surface area contributed by atoms with Crippen LogP contribution in [-0.2, 0) is 0 Å². The number of hydrogen-bond donors (Lipinski definition) is 2. The fraction of sp³-hybridized carbons (Fsp3) is 0.571. The number of rotatable bonds is 3. The molecule has 0 saturated carbocycles. The first kappa shape index (κ1) is 12.4. The first-order valence-corrected chi connectivity index (χ1v) is 6.38. The first-order valence-electron chi connectivity index (χ1n) is 6.38. The Hall–Kier alpha value is -1.06. The van der Waals surface area contributed by atoms with Crippen molar-refractivity contribution < 1.29 is 4.74 Å². The van der Waals surface area contributed by atoms with Gasteiger partial charge in [-0.1, -0.05) is 25.1 Å². The van der Waals surface area contributed by atoms with E-state index < -0.39 is 0 Å². The summed E-state index contributed by atoms with van der Waals surface area (Å²) in [5.74, 6) is 1.44. The van der Waals surface area contributed by atoms with Crippen LogP contribution in [0.25, 0.3) is 0 Å². The average molecular weight is 234 g/mol. The second-order valence-corrected chi connectivity index (χ2v) is 4.77. The molecule has 1 aromatic carbocycles. The van der Waals surface area contributed by atoms with Crippen LogP contribution in [0.3, 0.4) is 0 Å². The second kappa shape index (κ2) is 5.52. The van der Waals surface area contributed by atoms with Gasteiger partial charge in [0.05, 0.1) is 7.11 Å². The molecular weight excluding hydrogens is 212 g/mol. The molecule has 3 nitrogen and oxygen atoms in total. The summed E-state index contributed by atoms with van der Waals surface area (Å²) in [7, 11) is 1.73. The summed E-state index contributed by atoms with van der Waals surface area (Å²) in [4.78, 5) is 0. The average Bonchev–Trinajstić information content (AvgIpc) is 2.38. The summed E-state index contributed by atoms with van der Waals surface area (Å²) in [6.07, 6.45) is 2.15. The molecule has 1 saturated heterocycles. The maximum Gasteiger partial charge on any atom is 0.122 e. The normalized spacial score (nSPS) is 29.0. The molecule has 3 unspecified atom stereocenters. The van der Waals surface area contributed by atoms with Gasteiger partial charge in [0.25, 0.3) is 0 Å². The fourth-order valence-corrected chi connectivity index (χ4v) is 2.76. The van der Waals surface area contributed by atoms with E-state index in [1.165, 1.54) is 5.56 Å². The molecule has 0 spiro atoms. The van der Waals surface area contributed by atoms with Crippen LogP contribution in [0.2, 0.25) is 0 Å². The van der Waals surface area contributed by atoms with E-state index in [9.17, 15) is 0 Å². The Labute approximate surface area is 103 Å². The lowest BCUT2D eigenvalue weighted by Gasteiger charge is -2.36. The fourth-order valence-electron chi connectivity index (χ4n) is 2.76. The van der Waals surface area contributed by atoms with Crippen LogP contribution in [0, 0.1) is 0 Å². The molecule has 0 aliphatic carbocycles. The highest BCUT2D eigenvalue weighted by atomic mass is 16.5. The van der Waals surface area contributed by atoms with Gasteiger partial charge in [0.2, 0.25) is 0 Å². The highest BCUT2D eigenvalue weighted by molar-refractivity contribution is 5.37. The first-order chi connectivity index (χ1) is 8.26. The van der Waals surface area contributed by atoms with E-state index in [0.717, 1.165) is 25.1 Å². The monoisotopic (exact) mass is 234 g/mol. The largest absolute Gasteiger partial charge is 0.496 e. The van der Waals surface area contributed by atoms with Gasteiger partial charge in [-0.15, -0.1) is 0 Å². The lowest BCUT2D eigenvalue weighted by atomic mass is 9.81. The van der Waals surface area contributed by atoms with E-state index in [4.69, 9.17) is 10.5 Å². The molecule has 3 atom stereocenters. The number of hydrogen-bond acceptors (Lipinski definition) is 3.